The SMILES string of the molecule is Cn1ccc(N2CCCC(NC(=O)NCc3nccs3)C2=O)n1. The summed E-state index contributed by atoms with van der Waals surface area (Å²) in [6.07, 6.45) is 4.93. The highest BCUT2D eigenvalue weighted by atomic mass is 32.1. The average molecular weight is 334 g/mol. The summed E-state index contributed by atoms with van der Waals surface area (Å²) in [6, 6.07) is 0.909. The van der Waals surface area contributed by atoms with Crippen LogP contribution in [0.15, 0.2) is 23.8 Å². The molecule has 2 N–H and O–H groups in total. The zero-order valence-electron chi connectivity index (χ0n) is 12.7. The smallest absolute Gasteiger partial charge is 0.315 e. The van der Waals surface area contributed by atoms with Gasteiger partial charge in [0.1, 0.15) is 11.0 Å². The van der Waals surface area contributed by atoms with Gasteiger partial charge in [0.25, 0.3) is 5.91 Å². The molecule has 1 unspecified atom stereocenters. The molecule has 23 heavy (non-hydrogen) atoms. The predicted molar refractivity (Wildman–Crippen MR) is 86.1 cm³/mol. The molecule has 0 saturated carbocycles. The van der Waals surface area contributed by atoms with Gasteiger partial charge in [-0.3, -0.25) is 14.4 Å². The third-order valence-electron chi connectivity index (χ3n) is 3.60. The number of aryl methyl sites for hydroxylation is 1. The van der Waals surface area contributed by atoms with Crippen LogP contribution in [0.25, 0.3) is 0 Å². The Balaban J connectivity index is 1.56. The highest BCUT2D eigenvalue weighted by Crippen LogP contribution is 2.19. The highest BCUT2D eigenvalue weighted by Gasteiger charge is 2.31. The summed E-state index contributed by atoms with van der Waals surface area (Å²) in [5.74, 6) is 0.492. The third kappa shape index (κ3) is 3.67. The van der Waals surface area contributed by atoms with Crippen LogP contribution in [0.2, 0.25) is 0 Å². The van der Waals surface area contributed by atoms with Crippen molar-refractivity contribution in [2.45, 2.75) is 25.4 Å². The highest BCUT2D eigenvalue weighted by molar-refractivity contribution is 7.09. The molecule has 3 amide bonds. The van der Waals surface area contributed by atoms with E-state index in [-0.39, 0.29) is 11.9 Å². The number of piperidine rings is 1. The first-order chi connectivity index (χ1) is 11.1. The molecule has 9 heteroatoms. The summed E-state index contributed by atoms with van der Waals surface area (Å²) in [7, 11) is 1.81. The zero-order chi connectivity index (χ0) is 16.2. The largest absolute Gasteiger partial charge is 0.332 e. The second-order valence-electron chi connectivity index (χ2n) is 5.29. The molecule has 1 fully saturated rings. The lowest BCUT2D eigenvalue weighted by atomic mass is 10.1. The van der Waals surface area contributed by atoms with E-state index in [1.165, 1.54) is 11.3 Å². The van der Waals surface area contributed by atoms with Gasteiger partial charge in [-0.05, 0) is 12.8 Å². The van der Waals surface area contributed by atoms with E-state index < -0.39 is 6.04 Å². The maximum absolute atomic E-state index is 12.5. The van der Waals surface area contributed by atoms with Crippen LogP contribution < -0.4 is 15.5 Å². The van der Waals surface area contributed by atoms with Gasteiger partial charge in [-0.15, -0.1) is 11.3 Å². The Bertz CT molecular complexity index is 683. The summed E-state index contributed by atoms with van der Waals surface area (Å²) < 4.78 is 1.65. The quantitative estimate of drug-likeness (QED) is 0.868. The summed E-state index contributed by atoms with van der Waals surface area (Å²) in [6.45, 7) is 0.975. The summed E-state index contributed by atoms with van der Waals surface area (Å²) in [5.41, 5.74) is 0. The molecule has 1 aliphatic rings. The number of carbonyl (C=O) groups excluding carboxylic acids is 2. The van der Waals surface area contributed by atoms with Gasteiger partial charge in [-0.25, -0.2) is 9.78 Å². The van der Waals surface area contributed by atoms with Crippen LogP contribution in [-0.2, 0) is 18.4 Å². The number of hydrogen-bond acceptors (Lipinski definition) is 5. The van der Waals surface area contributed by atoms with Crippen LogP contribution in [0.1, 0.15) is 17.8 Å². The fraction of sp³-hybridized carbons (Fsp3) is 0.429. The zero-order valence-corrected chi connectivity index (χ0v) is 13.5. The van der Waals surface area contributed by atoms with Crippen molar-refractivity contribution in [1.29, 1.82) is 0 Å². The van der Waals surface area contributed by atoms with Crippen molar-refractivity contribution >= 4 is 29.1 Å². The number of amides is 3. The Morgan fingerprint density at radius 3 is 3.09 bits per heavy atom. The number of urea groups is 1. The number of hydrogen-bond donors (Lipinski definition) is 2. The van der Waals surface area contributed by atoms with Crippen molar-refractivity contribution in [1.82, 2.24) is 25.4 Å². The Labute approximate surface area is 137 Å². The van der Waals surface area contributed by atoms with Crippen molar-refractivity contribution in [2.75, 3.05) is 11.4 Å². The van der Waals surface area contributed by atoms with Gasteiger partial charge in [-0.1, -0.05) is 0 Å². The van der Waals surface area contributed by atoms with E-state index in [0.717, 1.165) is 11.4 Å². The first kappa shape index (κ1) is 15.5. The third-order valence-corrected chi connectivity index (χ3v) is 4.38. The van der Waals surface area contributed by atoms with E-state index in [1.807, 2.05) is 5.38 Å². The van der Waals surface area contributed by atoms with E-state index in [0.29, 0.717) is 25.3 Å². The lowest BCUT2D eigenvalue weighted by Crippen LogP contribution is -2.54. The molecular weight excluding hydrogens is 316 g/mol. The lowest BCUT2D eigenvalue weighted by Gasteiger charge is -2.31. The Hall–Kier alpha value is -2.42. The first-order valence-corrected chi connectivity index (χ1v) is 8.25. The minimum atomic E-state index is -0.526. The summed E-state index contributed by atoms with van der Waals surface area (Å²) in [5, 5.41) is 12.4. The Morgan fingerprint density at radius 1 is 1.52 bits per heavy atom. The van der Waals surface area contributed by atoms with E-state index in [4.69, 9.17) is 0 Å². The molecule has 0 radical (unpaired) electrons. The minimum absolute atomic E-state index is 0.126. The molecule has 0 aliphatic carbocycles. The molecule has 2 aromatic heterocycles. The van der Waals surface area contributed by atoms with Crippen molar-refractivity contribution in [3.8, 4) is 0 Å². The monoisotopic (exact) mass is 334 g/mol. The second kappa shape index (κ2) is 6.78. The molecule has 2 aromatic rings. The first-order valence-electron chi connectivity index (χ1n) is 7.37. The second-order valence-corrected chi connectivity index (χ2v) is 6.26. The minimum Gasteiger partial charge on any atom is -0.332 e. The van der Waals surface area contributed by atoms with Crippen LogP contribution in [0, 0.1) is 0 Å². The standard InChI is InChI=1S/C14H18N6O2S/c1-19-7-4-11(18-19)20-6-2-3-10(13(20)21)17-14(22)16-9-12-15-5-8-23-12/h4-5,7-8,10H,2-3,6,9H2,1H3,(H2,16,17,22). The van der Waals surface area contributed by atoms with Gasteiger partial charge >= 0.3 is 6.03 Å². The Kier molecular flexibility index (Phi) is 4.56. The van der Waals surface area contributed by atoms with Crippen LogP contribution in [0.3, 0.4) is 0 Å². The van der Waals surface area contributed by atoms with Gasteiger partial charge in [0.2, 0.25) is 0 Å². The number of nitrogens with one attached hydrogen (secondary N) is 2. The average Bonchev–Trinajstić information content (AvgIpc) is 3.19. The number of thiazole rings is 1. The number of aromatic nitrogens is 3. The van der Waals surface area contributed by atoms with E-state index in [1.54, 1.807) is 35.1 Å². The predicted octanol–water partition coefficient (Wildman–Crippen LogP) is 0.871. The molecule has 0 bridgehead atoms. The summed E-state index contributed by atoms with van der Waals surface area (Å²) in [4.78, 5) is 30.2. The van der Waals surface area contributed by atoms with E-state index in [2.05, 4.69) is 20.7 Å². The maximum atomic E-state index is 12.5. The number of anilines is 1. The molecule has 3 heterocycles. The molecule has 1 saturated heterocycles. The van der Waals surface area contributed by atoms with E-state index >= 15 is 0 Å². The number of nitrogens with zero attached hydrogens (tertiary/aromatic N) is 4. The van der Waals surface area contributed by atoms with Crippen molar-refractivity contribution < 1.29 is 9.59 Å². The molecular formula is C14H18N6O2S. The van der Waals surface area contributed by atoms with Crippen LogP contribution in [-0.4, -0.2) is 39.3 Å². The fourth-order valence-corrected chi connectivity index (χ4v) is 3.04. The van der Waals surface area contributed by atoms with Crippen molar-refractivity contribution in [3.63, 3.8) is 0 Å². The van der Waals surface area contributed by atoms with Crippen molar-refractivity contribution in [2.24, 2.45) is 7.05 Å². The lowest BCUT2D eigenvalue weighted by molar-refractivity contribution is -0.121. The van der Waals surface area contributed by atoms with Gasteiger partial charge in [0.15, 0.2) is 5.82 Å². The molecule has 1 aliphatic heterocycles. The Morgan fingerprint density at radius 2 is 2.39 bits per heavy atom. The van der Waals surface area contributed by atoms with Gasteiger partial charge in [0.05, 0.1) is 6.54 Å². The molecule has 1 atom stereocenters. The molecule has 0 spiro atoms. The fourth-order valence-electron chi connectivity index (χ4n) is 2.49. The molecule has 8 nitrogen and oxygen atoms in total. The van der Waals surface area contributed by atoms with E-state index in [9.17, 15) is 9.59 Å². The molecule has 0 aromatic carbocycles. The van der Waals surface area contributed by atoms with Gasteiger partial charge < -0.3 is 10.6 Å². The maximum Gasteiger partial charge on any atom is 0.315 e. The molecule has 122 valence electrons. The number of rotatable bonds is 4. The van der Waals surface area contributed by atoms with Gasteiger partial charge in [-0.2, -0.15) is 5.10 Å². The van der Waals surface area contributed by atoms with Crippen LogP contribution in [0.5, 0.6) is 0 Å². The normalized spacial score (nSPS) is 18.0. The summed E-state index contributed by atoms with van der Waals surface area (Å²) >= 11 is 1.47. The topological polar surface area (TPSA) is 92.1 Å². The van der Waals surface area contributed by atoms with Gasteiger partial charge in [0, 0.05) is 37.4 Å². The number of carbonyl (C=O) groups is 2. The van der Waals surface area contributed by atoms with Crippen LogP contribution >= 0.6 is 11.3 Å². The molecule has 3 rings (SSSR count). The van der Waals surface area contributed by atoms with Crippen molar-refractivity contribution in [3.05, 3.63) is 28.8 Å². The van der Waals surface area contributed by atoms with Crippen LogP contribution in [0.4, 0.5) is 10.6 Å².